The topological polar surface area (TPSA) is 82.1 Å². The lowest BCUT2D eigenvalue weighted by atomic mass is 10.1. The van der Waals surface area contributed by atoms with Crippen molar-refractivity contribution in [1.82, 2.24) is 15.3 Å². The first-order valence-electron chi connectivity index (χ1n) is 10.0. The molecule has 2 aromatic carbocycles. The molecule has 0 radical (unpaired) electrons. The maximum absolute atomic E-state index is 9.28. The minimum absolute atomic E-state index is 0.0678. The molecule has 0 bridgehead atoms. The van der Waals surface area contributed by atoms with E-state index in [1.807, 2.05) is 48.5 Å². The fourth-order valence-corrected chi connectivity index (χ4v) is 3.83. The molecule has 0 aliphatic rings. The van der Waals surface area contributed by atoms with Crippen LogP contribution in [0.2, 0.25) is 10.0 Å². The SMILES string of the molecule is OCCNC(CNc1ccnc2cc(Cl)ccc12)CNc1ccnc2cc(Cl)ccc12. The number of nitrogens with zero attached hydrogens (tertiary/aromatic N) is 2. The smallest absolute Gasteiger partial charge is 0.0737 e. The zero-order valence-corrected chi connectivity index (χ0v) is 18.3. The predicted molar refractivity (Wildman–Crippen MR) is 129 cm³/mol. The van der Waals surface area contributed by atoms with Gasteiger partial charge in [0.05, 0.1) is 17.6 Å². The van der Waals surface area contributed by atoms with E-state index in [-0.39, 0.29) is 12.6 Å². The third kappa shape index (κ3) is 5.35. The molecule has 0 spiro atoms. The molecule has 4 N–H and O–H groups in total. The Hall–Kier alpha value is -2.64. The van der Waals surface area contributed by atoms with Crippen LogP contribution in [0.15, 0.2) is 60.9 Å². The number of aliphatic hydroxyl groups excluding tert-OH is 1. The van der Waals surface area contributed by atoms with Gasteiger partial charge in [-0.15, -0.1) is 0 Å². The Bertz CT molecular complexity index is 1100. The Labute approximate surface area is 190 Å². The molecule has 8 heteroatoms. The van der Waals surface area contributed by atoms with E-state index in [0.29, 0.717) is 29.7 Å². The predicted octanol–water partition coefficient (Wildman–Crippen LogP) is 4.56. The van der Waals surface area contributed by atoms with Crippen LogP contribution in [-0.4, -0.2) is 47.4 Å². The number of aromatic nitrogens is 2. The Morgan fingerprint density at radius 1 is 0.774 bits per heavy atom. The summed E-state index contributed by atoms with van der Waals surface area (Å²) in [6.07, 6.45) is 3.54. The summed E-state index contributed by atoms with van der Waals surface area (Å²) in [5.41, 5.74) is 3.66. The van der Waals surface area contributed by atoms with Crippen molar-refractivity contribution >= 4 is 56.4 Å². The molecule has 0 saturated carbocycles. The molecule has 4 aromatic rings. The van der Waals surface area contributed by atoms with Crippen LogP contribution in [0.1, 0.15) is 0 Å². The van der Waals surface area contributed by atoms with Gasteiger partial charge in [-0.2, -0.15) is 0 Å². The van der Waals surface area contributed by atoms with Crippen LogP contribution in [0.5, 0.6) is 0 Å². The number of nitrogens with one attached hydrogen (secondary N) is 3. The molecule has 2 aromatic heterocycles. The molecule has 31 heavy (non-hydrogen) atoms. The van der Waals surface area contributed by atoms with Crippen molar-refractivity contribution < 1.29 is 5.11 Å². The first-order chi connectivity index (χ1) is 15.1. The van der Waals surface area contributed by atoms with Crippen molar-refractivity contribution in [3.05, 3.63) is 71.0 Å². The highest BCUT2D eigenvalue weighted by molar-refractivity contribution is 6.31. The number of fused-ring (bicyclic) bond motifs is 2. The number of rotatable bonds is 9. The monoisotopic (exact) mass is 455 g/mol. The van der Waals surface area contributed by atoms with Crippen LogP contribution in [-0.2, 0) is 0 Å². The number of benzene rings is 2. The molecular formula is C23H23Cl2N5O. The molecule has 160 valence electrons. The quantitative estimate of drug-likeness (QED) is 0.296. The van der Waals surface area contributed by atoms with Crippen molar-refractivity contribution in [2.24, 2.45) is 0 Å². The summed E-state index contributed by atoms with van der Waals surface area (Å²) in [5, 5.41) is 23.0. The van der Waals surface area contributed by atoms with Gasteiger partial charge >= 0.3 is 0 Å². The maximum Gasteiger partial charge on any atom is 0.0737 e. The highest BCUT2D eigenvalue weighted by Gasteiger charge is 2.11. The third-order valence-corrected chi connectivity index (χ3v) is 5.50. The molecule has 0 fully saturated rings. The minimum Gasteiger partial charge on any atom is -0.395 e. The number of halogens is 2. The van der Waals surface area contributed by atoms with Gasteiger partial charge in [-0.1, -0.05) is 23.2 Å². The summed E-state index contributed by atoms with van der Waals surface area (Å²) in [6.45, 7) is 1.89. The molecule has 0 amide bonds. The second kappa shape index (κ2) is 10.1. The van der Waals surface area contributed by atoms with Gasteiger partial charge in [-0.25, -0.2) is 0 Å². The zero-order chi connectivity index (χ0) is 21.6. The van der Waals surface area contributed by atoms with E-state index in [9.17, 15) is 5.11 Å². The van der Waals surface area contributed by atoms with E-state index in [0.717, 1.165) is 33.2 Å². The van der Waals surface area contributed by atoms with E-state index < -0.39 is 0 Å². The molecule has 0 saturated heterocycles. The maximum atomic E-state index is 9.28. The van der Waals surface area contributed by atoms with Gasteiger partial charge < -0.3 is 21.1 Å². The fourth-order valence-electron chi connectivity index (χ4n) is 3.50. The van der Waals surface area contributed by atoms with Gasteiger partial charge in [0.15, 0.2) is 0 Å². The second-order valence-corrected chi connectivity index (χ2v) is 8.05. The van der Waals surface area contributed by atoms with Crippen molar-refractivity contribution in [2.45, 2.75) is 6.04 Å². The lowest BCUT2D eigenvalue weighted by Gasteiger charge is -2.22. The van der Waals surface area contributed by atoms with E-state index in [1.165, 1.54) is 0 Å². The minimum atomic E-state index is 0.0678. The van der Waals surface area contributed by atoms with E-state index in [2.05, 4.69) is 25.9 Å². The van der Waals surface area contributed by atoms with E-state index >= 15 is 0 Å². The normalized spacial score (nSPS) is 11.4. The molecule has 2 heterocycles. The van der Waals surface area contributed by atoms with Crippen LogP contribution in [0.4, 0.5) is 11.4 Å². The standard InChI is InChI=1S/C23H23Cl2N5O/c24-15-1-3-18-20(5-7-27-22(18)11-15)29-13-17(26-9-10-31)14-30-21-6-8-28-23-12-16(25)2-4-19(21)23/h1-8,11-12,17,26,31H,9-10,13-14H2,(H,27,29)(H,28,30). The lowest BCUT2D eigenvalue weighted by molar-refractivity contribution is 0.286. The summed E-state index contributed by atoms with van der Waals surface area (Å²) < 4.78 is 0. The molecule has 0 aliphatic heterocycles. The van der Waals surface area contributed by atoms with Gasteiger partial charge in [0.2, 0.25) is 0 Å². The van der Waals surface area contributed by atoms with Gasteiger partial charge in [-0.3, -0.25) is 9.97 Å². The highest BCUT2D eigenvalue weighted by atomic mass is 35.5. The molecule has 4 rings (SSSR count). The molecular weight excluding hydrogens is 433 g/mol. The molecule has 0 unspecified atom stereocenters. The number of hydrogen-bond donors (Lipinski definition) is 4. The van der Waals surface area contributed by atoms with Crippen molar-refractivity contribution in [3.8, 4) is 0 Å². The molecule has 0 atom stereocenters. The number of aliphatic hydroxyl groups is 1. The Morgan fingerprint density at radius 2 is 1.29 bits per heavy atom. The summed E-state index contributed by atoms with van der Waals surface area (Å²) in [6, 6.07) is 15.3. The van der Waals surface area contributed by atoms with Crippen LogP contribution in [0.25, 0.3) is 21.8 Å². The molecule has 0 aliphatic carbocycles. The largest absolute Gasteiger partial charge is 0.395 e. The van der Waals surface area contributed by atoms with Crippen molar-refractivity contribution in [3.63, 3.8) is 0 Å². The summed E-state index contributed by atoms with van der Waals surface area (Å²) in [4.78, 5) is 8.78. The average molecular weight is 456 g/mol. The van der Waals surface area contributed by atoms with Crippen molar-refractivity contribution in [1.29, 1.82) is 0 Å². The van der Waals surface area contributed by atoms with Gasteiger partial charge in [0.25, 0.3) is 0 Å². The summed E-state index contributed by atoms with van der Waals surface area (Å²) in [7, 11) is 0. The van der Waals surface area contributed by atoms with Crippen LogP contribution in [0.3, 0.4) is 0 Å². The van der Waals surface area contributed by atoms with Gasteiger partial charge in [0, 0.05) is 70.3 Å². The second-order valence-electron chi connectivity index (χ2n) is 7.18. The van der Waals surface area contributed by atoms with E-state index in [1.54, 1.807) is 12.4 Å². The summed E-state index contributed by atoms with van der Waals surface area (Å²) in [5.74, 6) is 0. The summed E-state index contributed by atoms with van der Waals surface area (Å²) >= 11 is 12.2. The zero-order valence-electron chi connectivity index (χ0n) is 16.8. The number of pyridine rings is 2. The number of hydrogen-bond acceptors (Lipinski definition) is 6. The first-order valence-corrected chi connectivity index (χ1v) is 10.8. The Balaban J connectivity index is 1.47. The van der Waals surface area contributed by atoms with E-state index in [4.69, 9.17) is 23.2 Å². The highest BCUT2D eigenvalue weighted by Crippen LogP contribution is 2.25. The average Bonchev–Trinajstić information content (AvgIpc) is 2.78. The Kier molecular flexibility index (Phi) is 7.04. The van der Waals surface area contributed by atoms with Crippen LogP contribution < -0.4 is 16.0 Å². The lowest BCUT2D eigenvalue weighted by Crippen LogP contribution is -2.42. The van der Waals surface area contributed by atoms with Crippen molar-refractivity contribution in [2.75, 3.05) is 36.9 Å². The van der Waals surface area contributed by atoms with Gasteiger partial charge in [0.1, 0.15) is 0 Å². The fraction of sp³-hybridized carbons (Fsp3) is 0.217. The van der Waals surface area contributed by atoms with Crippen LogP contribution >= 0.6 is 23.2 Å². The molecule has 6 nitrogen and oxygen atoms in total. The first kappa shape index (κ1) is 21.6. The third-order valence-electron chi connectivity index (χ3n) is 5.03. The Morgan fingerprint density at radius 3 is 1.77 bits per heavy atom. The van der Waals surface area contributed by atoms with Crippen LogP contribution in [0, 0.1) is 0 Å². The van der Waals surface area contributed by atoms with Gasteiger partial charge in [-0.05, 0) is 48.5 Å². The number of anilines is 2.